The van der Waals surface area contributed by atoms with Crippen LogP contribution in [0.1, 0.15) is 6.92 Å². The van der Waals surface area contributed by atoms with Crippen LogP contribution in [0.25, 0.3) is 0 Å². The summed E-state index contributed by atoms with van der Waals surface area (Å²) < 4.78 is -1.06. The standard InChI is InChI=1S/C4H6Br2O2/c1-4(6,2-7)3(5)8/h7H,2H2,1H3. The molecule has 1 atom stereocenters. The molecule has 4 heteroatoms. The number of hydrogen-bond donors (Lipinski definition) is 1. The van der Waals surface area contributed by atoms with Crippen molar-refractivity contribution < 1.29 is 9.90 Å². The molecule has 0 aliphatic heterocycles. The van der Waals surface area contributed by atoms with Gasteiger partial charge in [-0.15, -0.1) is 0 Å². The molecule has 0 aromatic rings. The molecule has 0 rings (SSSR count). The van der Waals surface area contributed by atoms with Gasteiger partial charge in [0.1, 0.15) is 4.32 Å². The summed E-state index contributed by atoms with van der Waals surface area (Å²) in [7, 11) is 0. The zero-order valence-corrected chi connectivity index (χ0v) is 7.49. The van der Waals surface area contributed by atoms with Crippen molar-refractivity contribution >= 4 is 36.6 Å². The molecule has 8 heavy (non-hydrogen) atoms. The monoisotopic (exact) mass is 244 g/mol. The van der Waals surface area contributed by atoms with E-state index in [1.807, 2.05) is 0 Å². The SMILES string of the molecule is CC(Br)(CO)C(=O)Br. The predicted octanol–water partition coefficient (Wildman–Crippen LogP) is 1.05. The van der Waals surface area contributed by atoms with Crippen molar-refractivity contribution in [3.05, 3.63) is 0 Å². The first-order valence-corrected chi connectivity index (χ1v) is 3.59. The first kappa shape index (κ1) is 8.59. The van der Waals surface area contributed by atoms with Crippen molar-refractivity contribution in [1.29, 1.82) is 0 Å². The van der Waals surface area contributed by atoms with Gasteiger partial charge in [0, 0.05) is 0 Å². The van der Waals surface area contributed by atoms with Gasteiger partial charge in [0.05, 0.1) is 6.61 Å². The highest BCUT2D eigenvalue weighted by Crippen LogP contribution is 2.19. The van der Waals surface area contributed by atoms with Crippen LogP contribution in [-0.2, 0) is 4.79 Å². The van der Waals surface area contributed by atoms with E-state index in [2.05, 4.69) is 31.9 Å². The number of carbonyl (C=O) groups is 1. The number of aliphatic hydroxyl groups excluding tert-OH is 1. The summed E-state index contributed by atoms with van der Waals surface area (Å²) in [6, 6.07) is 0. The van der Waals surface area contributed by atoms with Gasteiger partial charge in [0.15, 0.2) is 0 Å². The minimum atomic E-state index is -0.812. The molecular formula is C4H6Br2O2. The highest BCUT2D eigenvalue weighted by atomic mass is 79.9. The molecule has 0 amide bonds. The first-order chi connectivity index (χ1) is 3.50. The molecule has 0 heterocycles. The maximum absolute atomic E-state index is 10.4. The van der Waals surface area contributed by atoms with Crippen LogP contribution in [0.4, 0.5) is 0 Å². The second kappa shape index (κ2) is 2.94. The summed E-state index contributed by atoms with van der Waals surface area (Å²) >= 11 is 5.71. The fourth-order valence-electron chi connectivity index (χ4n) is 0.0622. The van der Waals surface area contributed by atoms with Gasteiger partial charge in [0.25, 0.3) is 0 Å². The summed E-state index contributed by atoms with van der Waals surface area (Å²) in [6.07, 6.45) is 0. The van der Waals surface area contributed by atoms with Crippen molar-refractivity contribution in [3.8, 4) is 0 Å². The summed E-state index contributed by atoms with van der Waals surface area (Å²) in [5.41, 5.74) is 0. The second-order valence-electron chi connectivity index (χ2n) is 1.63. The lowest BCUT2D eigenvalue weighted by atomic mass is 10.2. The van der Waals surface area contributed by atoms with Crippen LogP contribution in [0, 0.1) is 0 Å². The number of alkyl halides is 1. The minimum Gasteiger partial charge on any atom is -0.394 e. The molecule has 0 saturated carbocycles. The number of hydrogen-bond acceptors (Lipinski definition) is 2. The molecule has 0 aromatic carbocycles. The zero-order valence-electron chi connectivity index (χ0n) is 4.32. The molecule has 0 aromatic heterocycles. The van der Waals surface area contributed by atoms with Crippen LogP contribution >= 0.6 is 31.9 Å². The Kier molecular flexibility index (Phi) is 3.16. The summed E-state index contributed by atoms with van der Waals surface area (Å²) in [5.74, 6) is 0. The first-order valence-electron chi connectivity index (χ1n) is 2.00. The van der Waals surface area contributed by atoms with E-state index in [1.165, 1.54) is 0 Å². The Morgan fingerprint density at radius 3 is 2.25 bits per heavy atom. The van der Waals surface area contributed by atoms with E-state index in [4.69, 9.17) is 5.11 Å². The van der Waals surface area contributed by atoms with Gasteiger partial charge >= 0.3 is 0 Å². The predicted molar refractivity (Wildman–Crippen MR) is 38.4 cm³/mol. The quantitative estimate of drug-likeness (QED) is 0.584. The second-order valence-corrected chi connectivity index (χ2v) is 4.10. The van der Waals surface area contributed by atoms with Crippen LogP contribution in [-0.4, -0.2) is 20.7 Å². The fourth-order valence-corrected chi connectivity index (χ4v) is 0.188. The smallest absolute Gasteiger partial charge is 0.216 e. The molecule has 0 fully saturated rings. The third-order valence-electron chi connectivity index (χ3n) is 0.707. The number of rotatable bonds is 2. The van der Waals surface area contributed by atoms with Gasteiger partial charge in [-0.05, 0) is 22.9 Å². The van der Waals surface area contributed by atoms with E-state index in [0.717, 1.165) is 0 Å². The third-order valence-corrected chi connectivity index (χ3v) is 2.72. The molecule has 0 saturated heterocycles. The fraction of sp³-hybridized carbons (Fsp3) is 0.750. The normalized spacial score (nSPS) is 17.5. The van der Waals surface area contributed by atoms with Gasteiger partial charge in [0.2, 0.25) is 4.69 Å². The van der Waals surface area contributed by atoms with Crippen LogP contribution in [0.2, 0.25) is 0 Å². The average molecular weight is 246 g/mol. The lowest BCUT2D eigenvalue weighted by Crippen LogP contribution is -2.27. The molecule has 0 bridgehead atoms. The van der Waals surface area contributed by atoms with Gasteiger partial charge < -0.3 is 5.11 Å². The highest BCUT2D eigenvalue weighted by molar-refractivity contribution is 9.20. The van der Waals surface area contributed by atoms with Crippen molar-refractivity contribution in [1.82, 2.24) is 0 Å². The van der Waals surface area contributed by atoms with Crippen molar-refractivity contribution in [2.24, 2.45) is 0 Å². The Hall–Kier alpha value is 0.590. The lowest BCUT2D eigenvalue weighted by molar-refractivity contribution is -0.112. The number of carbonyl (C=O) groups excluding carboxylic acids is 1. The molecule has 0 spiro atoms. The Labute approximate surface area is 64.5 Å². The summed E-state index contributed by atoms with van der Waals surface area (Å²) in [4.78, 5) is 10.4. The lowest BCUT2D eigenvalue weighted by Gasteiger charge is -2.11. The van der Waals surface area contributed by atoms with Gasteiger partial charge in [-0.2, -0.15) is 0 Å². The highest BCUT2D eigenvalue weighted by Gasteiger charge is 2.25. The number of aliphatic hydroxyl groups is 1. The molecule has 2 nitrogen and oxygen atoms in total. The zero-order chi connectivity index (χ0) is 6.78. The van der Waals surface area contributed by atoms with E-state index in [-0.39, 0.29) is 11.3 Å². The summed E-state index contributed by atoms with van der Waals surface area (Å²) in [6.45, 7) is 1.39. The molecular weight excluding hydrogens is 240 g/mol. The van der Waals surface area contributed by atoms with Crippen molar-refractivity contribution in [2.45, 2.75) is 11.2 Å². The van der Waals surface area contributed by atoms with Crippen LogP contribution in [0.5, 0.6) is 0 Å². The molecule has 0 aliphatic rings. The van der Waals surface area contributed by atoms with Crippen LogP contribution in [0.15, 0.2) is 0 Å². The summed E-state index contributed by atoms with van der Waals surface area (Å²) in [5, 5.41) is 8.47. The largest absolute Gasteiger partial charge is 0.394 e. The molecule has 0 aliphatic carbocycles. The van der Waals surface area contributed by atoms with E-state index in [9.17, 15) is 4.79 Å². The Morgan fingerprint density at radius 1 is 1.88 bits per heavy atom. The number of halogens is 2. The molecule has 0 radical (unpaired) electrons. The Morgan fingerprint density at radius 2 is 2.25 bits per heavy atom. The van der Waals surface area contributed by atoms with Crippen LogP contribution in [0.3, 0.4) is 0 Å². The van der Waals surface area contributed by atoms with Gasteiger partial charge in [-0.3, -0.25) is 4.79 Å². The van der Waals surface area contributed by atoms with E-state index >= 15 is 0 Å². The maximum Gasteiger partial charge on any atom is 0.216 e. The third kappa shape index (κ3) is 2.24. The van der Waals surface area contributed by atoms with Gasteiger partial charge in [-0.1, -0.05) is 15.9 Å². The Bertz CT molecular complexity index is 100. The topological polar surface area (TPSA) is 37.3 Å². The average Bonchev–Trinajstić information content (AvgIpc) is 1.67. The van der Waals surface area contributed by atoms with Gasteiger partial charge in [-0.25, -0.2) is 0 Å². The Balaban J connectivity index is 3.91. The van der Waals surface area contributed by atoms with Crippen molar-refractivity contribution in [3.63, 3.8) is 0 Å². The van der Waals surface area contributed by atoms with E-state index < -0.39 is 4.32 Å². The molecule has 48 valence electrons. The van der Waals surface area contributed by atoms with E-state index in [0.29, 0.717) is 0 Å². The van der Waals surface area contributed by atoms with E-state index in [1.54, 1.807) is 6.92 Å². The molecule has 1 N–H and O–H groups in total. The van der Waals surface area contributed by atoms with Crippen LogP contribution < -0.4 is 0 Å². The maximum atomic E-state index is 10.4. The minimum absolute atomic E-state index is 0.197. The van der Waals surface area contributed by atoms with Crippen molar-refractivity contribution in [2.75, 3.05) is 6.61 Å². The molecule has 1 unspecified atom stereocenters.